The van der Waals surface area contributed by atoms with Gasteiger partial charge in [0.05, 0.1) is 11.1 Å². The van der Waals surface area contributed by atoms with E-state index >= 15 is 0 Å². The Labute approximate surface area is 94.7 Å². The standard InChI is InChI=1S/C11H18N2OS/c12-5-4-10-8-13-11(15-10)7-9-3-1-2-6-14-9/h8-9H,1-7,12H2. The van der Waals surface area contributed by atoms with Crippen molar-refractivity contribution in [2.24, 2.45) is 5.73 Å². The quantitative estimate of drug-likeness (QED) is 0.851. The van der Waals surface area contributed by atoms with Crippen molar-refractivity contribution in [1.29, 1.82) is 0 Å². The summed E-state index contributed by atoms with van der Waals surface area (Å²) in [5.41, 5.74) is 5.51. The number of rotatable bonds is 4. The minimum absolute atomic E-state index is 0.399. The van der Waals surface area contributed by atoms with Crippen molar-refractivity contribution in [3.8, 4) is 0 Å². The van der Waals surface area contributed by atoms with E-state index in [1.807, 2.05) is 6.20 Å². The van der Waals surface area contributed by atoms with Crippen molar-refractivity contribution >= 4 is 11.3 Å². The number of nitrogens with zero attached hydrogens (tertiary/aromatic N) is 1. The number of hydrogen-bond donors (Lipinski definition) is 1. The fourth-order valence-corrected chi connectivity index (χ4v) is 2.87. The first-order valence-electron chi connectivity index (χ1n) is 5.63. The number of hydrogen-bond acceptors (Lipinski definition) is 4. The lowest BCUT2D eigenvalue weighted by molar-refractivity contribution is 0.0168. The van der Waals surface area contributed by atoms with Crippen LogP contribution in [0.3, 0.4) is 0 Å². The summed E-state index contributed by atoms with van der Waals surface area (Å²) in [6, 6.07) is 0. The van der Waals surface area contributed by atoms with Crippen LogP contribution in [0.2, 0.25) is 0 Å². The molecule has 1 aliphatic heterocycles. The van der Waals surface area contributed by atoms with Gasteiger partial charge in [0.1, 0.15) is 0 Å². The molecule has 4 heteroatoms. The summed E-state index contributed by atoms with van der Waals surface area (Å²) < 4.78 is 5.69. The van der Waals surface area contributed by atoms with Gasteiger partial charge in [-0.05, 0) is 32.2 Å². The second kappa shape index (κ2) is 5.58. The first-order chi connectivity index (χ1) is 7.38. The van der Waals surface area contributed by atoms with Crippen LogP contribution in [0, 0.1) is 0 Å². The van der Waals surface area contributed by atoms with E-state index < -0.39 is 0 Å². The van der Waals surface area contributed by atoms with Crippen molar-refractivity contribution in [2.45, 2.75) is 38.2 Å². The van der Waals surface area contributed by atoms with E-state index in [1.54, 1.807) is 11.3 Å². The van der Waals surface area contributed by atoms with E-state index in [0.29, 0.717) is 12.6 Å². The molecule has 2 N–H and O–H groups in total. The molecule has 0 amide bonds. The maximum absolute atomic E-state index is 5.69. The SMILES string of the molecule is NCCc1cnc(CC2CCCCO2)s1. The molecule has 84 valence electrons. The Morgan fingerprint density at radius 3 is 3.20 bits per heavy atom. The van der Waals surface area contributed by atoms with Crippen molar-refractivity contribution in [3.05, 3.63) is 16.1 Å². The summed E-state index contributed by atoms with van der Waals surface area (Å²) in [4.78, 5) is 5.71. The first kappa shape index (κ1) is 11.0. The van der Waals surface area contributed by atoms with Crippen LogP contribution in [0.25, 0.3) is 0 Å². The summed E-state index contributed by atoms with van der Waals surface area (Å²) in [7, 11) is 0. The molecule has 1 atom stereocenters. The predicted octanol–water partition coefficient (Wildman–Crippen LogP) is 1.76. The van der Waals surface area contributed by atoms with Gasteiger partial charge in [-0.25, -0.2) is 4.98 Å². The molecule has 15 heavy (non-hydrogen) atoms. The molecule has 1 aliphatic rings. The highest BCUT2D eigenvalue weighted by Crippen LogP contribution is 2.20. The normalized spacial score (nSPS) is 21.8. The van der Waals surface area contributed by atoms with E-state index in [9.17, 15) is 0 Å². The van der Waals surface area contributed by atoms with Crippen LogP contribution >= 0.6 is 11.3 Å². The van der Waals surface area contributed by atoms with E-state index in [2.05, 4.69) is 4.98 Å². The Bertz CT molecular complexity index is 295. The Morgan fingerprint density at radius 1 is 1.53 bits per heavy atom. The monoisotopic (exact) mass is 226 g/mol. The molecule has 0 spiro atoms. The van der Waals surface area contributed by atoms with Crippen LogP contribution < -0.4 is 5.73 Å². The number of aromatic nitrogens is 1. The average molecular weight is 226 g/mol. The number of nitrogens with two attached hydrogens (primary N) is 1. The Morgan fingerprint density at radius 2 is 2.47 bits per heavy atom. The van der Waals surface area contributed by atoms with Crippen molar-refractivity contribution < 1.29 is 4.74 Å². The summed E-state index contributed by atoms with van der Waals surface area (Å²) in [6.45, 7) is 1.63. The number of ether oxygens (including phenoxy) is 1. The predicted molar refractivity (Wildman–Crippen MR) is 62.2 cm³/mol. The summed E-state index contributed by atoms with van der Waals surface area (Å²) in [5.74, 6) is 0. The molecule has 0 saturated carbocycles. The van der Waals surface area contributed by atoms with Crippen LogP contribution in [-0.4, -0.2) is 24.2 Å². The van der Waals surface area contributed by atoms with E-state index in [1.165, 1.54) is 29.1 Å². The van der Waals surface area contributed by atoms with Crippen LogP contribution in [-0.2, 0) is 17.6 Å². The molecule has 0 aromatic carbocycles. The van der Waals surface area contributed by atoms with Crippen LogP contribution in [0.15, 0.2) is 6.20 Å². The molecule has 1 saturated heterocycles. The smallest absolute Gasteiger partial charge is 0.0953 e. The lowest BCUT2D eigenvalue weighted by Gasteiger charge is -2.21. The highest BCUT2D eigenvalue weighted by atomic mass is 32.1. The van der Waals surface area contributed by atoms with Crippen molar-refractivity contribution in [3.63, 3.8) is 0 Å². The van der Waals surface area contributed by atoms with Gasteiger partial charge in [0.2, 0.25) is 0 Å². The minimum Gasteiger partial charge on any atom is -0.378 e. The fraction of sp³-hybridized carbons (Fsp3) is 0.727. The van der Waals surface area contributed by atoms with Gasteiger partial charge in [-0.2, -0.15) is 0 Å². The van der Waals surface area contributed by atoms with Crippen LogP contribution in [0.1, 0.15) is 29.1 Å². The lowest BCUT2D eigenvalue weighted by atomic mass is 10.1. The van der Waals surface area contributed by atoms with Gasteiger partial charge in [-0.1, -0.05) is 0 Å². The van der Waals surface area contributed by atoms with E-state index in [-0.39, 0.29) is 0 Å². The molecule has 1 aromatic heterocycles. The largest absolute Gasteiger partial charge is 0.378 e. The summed E-state index contributed by atoms with van der Waals surface area (Å²) in [5, 5.41) is 1.20. The molecular formula is C11H18N2OS. The van der Waals surface area contributed by atoms with Crippen molar-refractivity contribution in [1.82, 2.24) is 4.98 Å². The lowest BCUT2D eigenvalue weighted by Crippen LogP contribution is -2.21. The maximum atomic E-state index is 5.69. The van der Waals surface area contributed by atoms with Crippen LogP contribution in [0.5, 0.6) is 0 Å². The highest BCUT2D eigenvalue weighted by molar-refractivity contribution is 7.11. The third-order valence-corrected chi connectivity index (χ3v) is 3.75. The summed E-state index contributed by atoms with van der Waals surface area (Å²) in [6.07, 6.45) is 7.98. The molecule has 0 radical (unpaired) electrons. The third kappa shape index (κ3) is 3.26. The molecular weight excluding hydrogens is 208 g/mol. The minimum atomic E-state index is 0.399. The van der Waals surface area contributed by atoms with Gasteiger partial charge >= 0.3 is 0 Å². The van der Waals surface area contributed by atoms with Crippen LogP contribution in [0.4, 0.5) is 0 Å². The zero-order valence-corrected chi connectivity index (χ0v) is 9.76. The van der Waals surface area contributed by atoms with Gasteiger partial charge in [0, 0.05) is 24.1 Å². The number of thiazole rings is 1. The van der Waals surface area contributed by atoms with Gasteiger partial charge in [0.15, 0.2) is 0 Å². The zero-order chi connectivity index (χ0) is 10.5. The second-order valence-corrected chi connectivity index (χ2v) is 5.15. The zero-order valence-electron chi connectivity index (χ0n) is 8.95. The second-order valence-electron chi connectivity index (χ2n) is 3.95. The summed E-state index contributed by atoms with van der Waals surface area (Å²) >= 11 is 1.78. The Balaban J connectivity index is 1.86. The first-order valence-corrected chi connectivity index (χ1v) is 6.45. The topological polar surface area (TPSA) is 48.1 Å². The molecule has 2 heterocycles. The van der Waals surface area contributed by atoms with E-state index in [0.717, 1.165) is 19.4 Å². The van der Waals surface area contributed by atoms with Gasteiger partial charge in [0.25, 0.3) is 0 Å². The molecule has 1 fully saturated rings. The molecule has 1 unspecified atom stereocenters. The van der Waals surface area contributed by atoms with Gasteiger partial charge < -0.3 is 10.5 Å². The average Bonchev–Trinajstić information content (AvgIpc) is 2.68. The molecule has 0 aliphatic carbocycles. The third-order valence-electron chi connectivity index (χ3n) is 2.67. The molecule has 1 aromatic rings. The van der Waals surface area contributed by atoms with Gasteiger partial charge in [-0.3, -0.25) is 0 Å². The fourth-order valence-electron chi connectivity index (χ4n) is 1.86. The Hall–Kier alpha value is -0.450. The molecule has 3 nitrogen and oxygen atoms in total. The highest BCUT2D eigenvalue weighted by Gasteiger charge is 2.15. The Kier molecular flexibility index (Phi) is 4.11. The van der Waals surface area contributed by atoms with Crippen molar-refractivity contribution in [2.75, 3.05) is 13.2 Å². The van der Waals surface area contributed by atoms with E-state index in [4.69, 9.17) is 10.5 Å². The maximum Gasteiger partial charge on any atom is 0.0953 e. The molecule has 0 bridgehead atoms. The molecule has 2 rings (SSSR count). The van der Waals surface area contributed by atoms with Gasteiger partial charge in [-0.15, -0.1) is 11.3 Å².